The lowest BCUT2D eigenvalue weighted by Crippen LogP contribution is -2.52. The van der Waals surface area contributed by atoms with Gasteiger partial charge in [-0.2, -0.15) is 5.01 Å². The number of hydrogen-bond acceptors (Lipinski definition) is 8. The van der Waals surface area contributed by atoms with Crippen LogP contribution in [0.15, 0.2) is 127 Å². The predicted molar refractivity (Wildman–Crippen MR) is 182 cm³/mol. The van der Waals surface area contributed by atoms with Crippen LogP contribution in [-0.2, 0) is 9.59 Å². The number of nitro benzene ring substituents is 1. The Morgan fingerprint density at radius 2 is 1.10 bits per heavy atom. The molecule has 0 spiro atoms. The zero-order chi connectivity index (χ0) is 35.4. The van der Waals surface area contributed by atoms with Crippen molar-refractivity contribution >= 4 is 35.2 Å². The monoisotopic (exact) mass is 677 g/mol. The van der Waals surface area contributed by atoms with Gasteiger partial charge in [0.25, 0.3) is 23.4 Å². The minimum atomic E-state index is -0.852. The van der Waals surface area contributed by atoms with E-state index in [0.29, 0.717) is 5.56 Å². The normalized spacial score (nSPS) is 19.5. The van der Waals surface area contributed by atoms with Crippen molar-refractivity contribution in [3.05, 3.63) is 176 Å². The van der Waals surface area contributed by atoms with Gasteiger partial charge < -0.3 is 4.74 Å². The molecule has 1 fully saturated rings. The van der Waals surface area contributed by atoms with Gasteiger partial charge in [-0.25, -0.2) is 9.80 Å². The number of nitro groups is 1. The van der Waals surface area contributed by atoms with E-state index in [1.165, 1.54) is 36.4 Å². The van der Waals surface area contributed by atoms with Crippen LogP contribution in [0.5, 0.6) is 5.75 Å². The van der Waals surface area contributed by atoms with Gasteiger partial charge in [-0.3, -0.25) is 29.3 Å². The molecule has 0 aromatic heterocycles. The SMILES string of the molecule is O=C(CN(C(=O)c1ccc([N+](=O)[O-])cc1)N1C(=O)[C@@H]2C3c4ccccc4C(c4ccccc43)[C@H]2C1=O)c1ccc(OC(=O)c2ccccc2)cc1. The Hall–Kier alpha value is -6.75. The highest BCUT2D eigenvalue weighted by Gasteiger charge is 2.63. The number of esters is 1. The van der Waals surface area contributed by atoms with Gasteiger partial charge in [-0.15, -0.1) is 0 Å². The average Bonchev–Trinajstić information content (AvgIpc) is 3.43. The minimum absolute atomic E-state index is 0.0541. The van der Waals surface area contributed by atoms with Crippen LogP contribution in [0.3, 0.4) is 0 Å². The molecule has 5 aromatic carbocycles. The largest absolute Gasteiger partial charge is 0.423 e. The maximum absolute atomic E-state index is 14.5. The first-order valence-corrected chi connectivity index (χ1v) is 16.2. The Morgan fingerprint density at radius 1 is 0.627 bits per heavy atom. The summed E-state index contributed by atoms with van der Waals surface area (Å²) in [5, 5.41) is 13.0. The molecule has 0 N–H and O–H groups in total. The van der Waals surface area contributed by atoms with Crippen molar-refractivity contribution in [3.63, 3.8) is 0 Å². The lowest BCUT2D eigenvalue weighted by Gasteiger charge is -2.45. The van der Waals surface area contributed by atoms with Gasteiger partial charge in [-0.1, -0.05) is 66.7 Å². The topological polar surface area (TPSA) is 144 Å². The molecule has 1 aliphatic heterocycles. The summed E-state index contributed by atoms with van der Waals surface area (Å²) in [7, 11) is 0. The standard InChI is InChI=1S/C40H27N3O8/c44-32(23-16-20-27(21-17-23)51-40(48)25-8-2-1-3-9-25)22-41(37(45)24-14-18-26(19-15-24)43(49)50)42-38(46)35-33-28-10-4-5-11-29(28)34(36(35)39(42)47)31-13-7-6-12-30(31)33/h1-21,33-36H,22H2/t33?,34?,35-,36-/m1/s1. The number of rotatable bonds is 8. The third kappa shape index (κ3) is 5.18. The number of nitrogens with zero attached hydrogens (tertiary/aromatic N) is 3. The van der Waals surface area contributed by atoms with Crippen LogP contribution in [0.4, 0.5) is 5.69 Å². The van der Waals surface area contributed by atoms with Gasteiger partial charge >= 0.3 is 5.97 Å². The van der Waals surface area contributed by atoms with Gasteiger partial charge in [-0.05, 0) is 70.8 Å². The number of non-ortho nitro benzene ring substituents is 1. The molecule has 3 aliphatic carbocycles. The third-order valence-corrected chi connectivity index (χ3v) is 9.92. The second-order valence-corrected chi connectivity index (χ2v) is 12.6. The van der Waals surface area contributed by atoms with E-state index in [0.717, 1.165) is 44.4 Å². The Balaban J connectivity index is 1.13. The summed E-state index contributed by atoms with van der Waals surface area (Å²) in [6.07, 6.45) is 0. The Morgan fingerprint density at radius 3 is 1.59 bits per heavy atom. The number of carbonyl (C=O) groups is 5. The van der Waals surface area contributed by atoms with E-state index in [1.54, 1.807) is 30.3 Å². The van der Waals surface area contributed by atoms with Crippen molar-refractivity contribution in [2.24, 2.45) is 11.8 Å². The van der Waals surface area contributed by atoms with E-state index >= 15 is 0 Å². The fourth-order valence-electron chi connectivity index (χ4n) is 7.68. The molecule has 4 aliphatic rings. The number of ether oxygens (including phenoxy) is 1. The Bertz CT molecular complexity index is 2150. The first-order chi connectivity index (χ1) is 24.7. The number of ketones is 1. The van der Waals surface area contributed by atoms with Crippen LogP contribution >= 0.6 is 0 Å². The van der Waals surface area contributed by atoms with E-state index in [2.05, 4.69) is 0 Å². The highest BCUT2D eigenvalue weighted by Crippen LogP contribution is 2.61. The molecule has 1 heterocycles. The smallest absolute Gasteiger partial charge is 0.343 e. The van der Waals surface area contributed by atoms with E-state index < -0.39 is 64.6 Å². The number of imide groups is 1. The van der Waals surface area contributed by atoms with Crippen molar-refractivity contribution in [3.8, 4) is 5.75 Å². The van der Waals surface area contributed by atoms with Crippen molar-refractivity contribution in [2.45, 2.75) is 11.8 Å². The van der Waals surface area contributed by atoms with Crippen LogP contribution in [0.2, 0.25) is 0 Å². The molecule has 9 rings (SSSR count). The Kier molecular flexibility index (Phi) is 7.60. The fraction of sp³-hybridized carbons (Fsp3) is 0.125. The second kappa shape index (κ2) is 12.3. The number of benzene rings is 5. The summed E-state index contributed by atoms with van der Waals surface area (Å²) in [5.41, 5.74) is 3.96. The van der Waals surface area contributed by atoms with E-state index in [1.807, 2.05) is 48.5 Å². The fourth-order valence-corrected chi connectivity index (χ4v) is 7.68. The van der Waals surface area contributed by atoms with Crippen LogP contribution in [0, 0.1) is 22.0 Å². The van der Waals surface area contributed by atoms with Crippen molar-refractivity contribution < 1.29 is 33.6 Å². The lowest BCUT2D eigenvalue weighted by atomic mass is 9.55. The number of hydrazine groups is 1. The van der Waals surface area contributed by atoms with Crippen LogP contribution in [0.1, 0.15) is 65.2 Å². The molecule has 0 saturated carbocycles. The first kappa shape index (κ1) is 31.5. The molecule has 3 amide bonds. The number of carbonyl (C=O) groups excluding carboxylic acids is 5. The molecule has 5 aromatic rings. The highest BCUT2D eigenvalue weighted by molar-refractivity contribution is 6.11. The van der Waals surface area contributed by atoms with Gasteiger partial charge in [0.2, 0.25) is 0 Å². The van der Waals surface area contributed by atoms with Crippen LogP contribution in [0.25, 0.3) is 0 Å². The third-order valence-electron chi connectivity index (χ3n) is 9.92. The number of hydrogen-bond donors (Lipinski definition) is 0. The summed E-state index contributed by atoms with van der Waals surface area (Å²) in [5.74, 6) is -5.56. The highest BCUT2D eigenvalue weighted by atomic mass is 16.6. The molecule has 250 valence electrons. The zero-order valence-corrected chi connectivity index (χ0v) is 26.7. The van der Waals surface area contributed by atoms with Gasteiger partial charge in [0.1, 0.15) is 12.3 Å². The molecular formula is C40H27N3O8. The lowest BCUT2D eigenvalue weighted by molar-refractivity contribution is -0.384. The van der Waals surface area contributed by atoms with Crippen LogP contribution in [-0.4, -0.2) is 51.0 Å². The summed E-state index contributed by atoms with van der Waals surface area (Å²) >= 11 is 0. The van der Waals surface area contributed by atoms with Crippen molar-refractivity contribution in [2.75, 3.05) is 6.54 Å². The molecule has 2 bridgehead atoms. The van der Waals surface area contributed by atoms with Gasteiger partial charge in [0.15, 0.2) is 5.78 Å². The van der Waals surface area contributed by atoms with E-state index in [9.17, 15) is 34.1 Å². The van der Waals surface area contributed by atoms with Gasteiger partial charge in [0, 0.05) is 35.1 Å². The predicted octanol–water partition coefficient (Wildman–Crippen LogP) is 5.95. The summed E-state index contributed by atoms with van der Waals surface area (Å²) in [6.45, 7) is -0.689. The molecule has 1 saturated heterocycles. The molecule has 51 heavy (non-hydrogen) atoms. The maximum Gasteiger partial charge on any atom is 0.343 e. The quantitative estimate of drug-likeness (QED) is 0.0490. The number of amides is 3. The Labute approximate surface area is 290 Å². The molecule has 11 heteroatoms. The first-order valence-electron chi connectivity index (χ1n) is 16.2. The van der Waals surface area contributed by atoms with E-state index in [4.69, 9.17) is 4.74 Å². The molecular weight excluding hydrogens is 650 g/mol. The molecule has 2 atom stereocenters. The average molecular weight is 678 g/mol. The van der Waals surface area contributed by atoms with E-state index in [-0.39, 0.29) is 22.6 Å². The van der Waals surface area contributed by atoms with Crippen LogP contribution < -0.4 is 4.74 Å². The van der Waals surface area contributed by atoms with Crippen molar-refractivity contribution in [1.29, 1.82) is 0 Å². The molecule has 11 nitrogen and oxygen atoms in total. The minimum Gasteiger partial charge on any atom is -0.423 e. The maximum atomic E-state index is 14.5. The summed E-state index contributed by atoms with van der Waals surface area (Å²) in [6, 6.07) is 34.3. The molecule has 0 unspecified atom stereocenters. The summed E-state index contributed by atoms with van der Waals surface area (Å²) in [4.78, 5) is 80.3. The van der Waals surface area contributed by atoms with Gasteiger partial charge in [0.05, 0.1) is 22.3 Å². The second-order valence-electron chi connectivity index (χ2n) is 12.6. The number of Topliss-reactive ketones (excluding diaryl/α,β-unsaturated/α-hetero) is 1. The zero-order valence-electron chi connectivity index (χ0n) is 26.7. The molecule has 0 radical (unpaired) electrons. The summed E-state index contributed by atoms with van der Waals surface area (Å²) < 4.78 is 5.42. The van der Waals surface area contributed by atoms with Crippen molar-refractivity contribution in [1.82, 2.24) is 10.0 Å².